The van der Waals surface area contributed by atoms with Crippen LogP contribution in [0.4, 0.5) is 11.4 Å². The van der Waals surface area contributed by atoms with E-state index >= 15 is 0 Å². The van der Waals surface area contributed by atoms with Crippen molar-refractivity contribution in [3.05, 3.63) is 76.2 Å². The Bertz CT molecular complexity index is 1330. The smallest absolute Gasteiger partial charge is 0.250 e. The van der Waals surface area contributed by atoms with Crippen molar-refractivity contribution in [2.45, 2.75) is 26.3 Å². The largest absolute Gasteiger partial charge is 0.492 e. The maximum Gasteiger partial charge on any atom is 0.250 e. The predicted molar refractivity (Wildman–Crippen MR) is 140 cm³/mol. The van der Waals surface area contributed by atoms with Crippen molar-refractivity contribution in [1.82, 2.24) is 4.57 Å². The molecule has 4 rings (SSSR count). The quantitative estimate of drug-likeness (QED) is 0.217. The van der Waals surface area contributed by atoms with Gasteiger partial charge in [-0.15, -0.1) is 0 Å². The van der Waals surface area contributed by atoms with Gasteiger partial charge in [0.25, 0.3) is 5.56 Å². The Morgan fingerprint density at radius 1 is 1.17 bits per heavy atom. The Hall–Kier alpha value is -4.11. The van der Waals surface area contributed by atoms with Gasteiger partial charge in [-0.2, -0.15) is 0 Å². The monoisotopic (exact) mass is 489 g/mol. The molecule has 188 valence electrons. The first-order valence-corrected chi connectivity index (χ1v) is 11.9. The van der Waals surface area contributed by atoms with Gasteiger partial charge in [-0.25, -0.2) is 0 Å². The number of amides is 1. The van der Waals surface area contributed by atoms with E-state index in [1.165, 1.54) is 13.0 Å². The normalized spacial score (nSPS) is 13.8. The summed E-state index contributed by atoms with van der Waals surface area (Å²) >= 11 is 0. The first kappa shape index (κ1) is 25.0. The van der Waals surface area contributed by atoms with E-state index in [1.54, 1.807) is 29.0 Å². The first-order chi connectivity index (χ1) is 17.3. The van der Waals surface area contributed by atoms with Crippen molar-refractivity contribution < 1.29 is 14.3 Å². The van der Waals surface area contributed by atoms with Crippen LogP contribution < -0.4 is 27.1 Å². The third-order valence-electron chi connectivity index (χ3n) is 6.13. The molecule has 1 amide bonds. The molecule has 9 heteroatoms. The van der Waals surface area contributed by atoms with Crippen LogP contribution in [0.1, 0.15) is 30.9 Å². The SMILES string of the molecule is CC(=O)Nc1cccc(Cn2cc(-c3cc(N)c(C(=N)N)c(OCC4CCOCC4)c3)ccc2=O)c1. The van der Waals surface area contributed by atoms with E-state index in [9.17, 15) is 9.59 Å². The average molecular weight is 490 g/mol. The van der Waals surface area contributed by atoms with Crippen LogP contribution >= 0.6 is 0 Å². The molecule has 0 radical (unpaired) electrons. The molecule has 1 aliphatic rings. The summed E-state index contributed by atoms with van der Waals surface area (Å²) in [7, 11) is 0. The van der Waals surface area contributed by atoms with Gasteiger partial charge in [-0.3, -0.25) is 15.0 Å². The number of pyridine rings is 1. The van der Waals surface area contributed by atoms with Gasteiger partial charge in [0, 0.05) is 43.8 Å². The van der Waals surface area contributed by atoms with Crippen LogP contribution in [-0.2, 0) is 16.1 Å². The summed E-state index contributed by atoms with van der Waals surface area (Å²) < 4.78 is 13.1. The standard InChI is InChI=1S/C27H31N5O4/c1-17(33)31-22-4-2-3-19(11-22)14-32-15-20(5-6-25(32)34)21-12-23(28)26(27(29)30)24(13-21)36-16-18-7-9-35-10-8-18/h2-6,11-13,15,18H,7-10,14,16,28H2,1H3,(H3,29,30)(H,31,33). The fourth-order valence-electron chi connectivity index (χ4n) is 4.30. The highest BCUT2D eigenvalue weighted by atomic mass is 16.5. The third-order valence-corrected chi connectivity index (χ3v) is 6.13. The summed E-state index contributed by atoms with van der Waals surface area (Å²) in [5.41, 5.74) is 15.7. The molecular formula is C27H31N5O4. The minimum atomic E-state index is -0.162. The maximum atomic E-state index is 12.6. The molecule has 9 nitrogen and oxygen atoms in total. The Labute approximate surface area is 209 Å². The van der Waals surface area contributed by atoms with Crippen LogP contribution in [0.25, 0.3) is 11.1 Å². The topological polar surface area (TPSA) is 145 Å². The molecule has 0 aliphatic carbocycles. The number of amidine groups is 1. The van der Waals surface area contributed by atoms with Crippen LogP contribution in [0, 0.1) is 11.3 Å². The van der Waals surface area contributed by atoms with Crippen LogP contribution in [-0.4, -0.2) is 36.1 Å². The lowest BCUT2D eigenvalue weighted by molar-refractivity contribution is -0.114. The van der Waals surface area contributed by atoms with E-state index in [-0.39, 0.29) is 17.3 Å². The van der Waals surface area contributed by atoms with Gasteiger partial charge in [0.1, 0.15) is 11.6 Å². The second kappa shape index (κ2) is 11.1. The maximum absolute atomic E-state index is 12.6. The van der Waals surface area contributed by atoms with Crippen LogP contribution in [0.2, 0.25) is 0 Å². The van der Waals surface area contributed by atoms with Crippen LogP contribution in [0.15, 0.2) is 59.5 Å². The van der Waals surface area contributed by atoms with E-state index in [4.69, 9.17) is 26.4 Å². The molecule has 1 saturated heterocycles. The summed E-state index contributed by atoms with van der Waals surface area (Å²) in [6.45, 7) is 3.69. The molecule has 0 atom stereocenters. The molecule has 6 N–H and O–H groups in total. The molecule has 3 aromatic rings. The van der Waals surface area contributed by atoms with Crippen molar-refractivity contribution in [2.75, 3.05) is 30.9 Å². The molecule has 2 heterocycles. The second-order valence-electron chi connectivity index (χ2n) is 8.98. The molecule has 0 unspecified atom stereocenters. The summed E-state index contributed by atoms with van der Waals surface area (Å²) in [5.74, 6) is 0.487. The molecular weight excluding hydrogens is 458 g/mol. The number of hydrogen-bond donors (Lipinski definition) is 4. The fourth-order valence-corrected chi connectivity index (χ4v) is 4.30. The second-order valence-corrected chi connectivity index (χ2v) is 8.98. The Morgan fingerprint density at radius 2 is 1.94 bits per heavy atom. The molecule has 0 spiro atoms. The van der Waals surface area contributed by atoms with E-state index in [0.717, 1.165) is 29.5 Å². The number of benzene rings is 2. The molecule has 1 aliphatic heterocycles. The zero-order valence-electron chi connectivity index (χ0n) is 20.3. The predicted octanol–water partition coefficient (Wildman–Crippen LogP) is 3.19. The average Bonchev–Trinajstić information content (AvgIpc) is 2.84. The number of nitrogens with two attached hydrogens (primary N) is 2. The summed E-state index contributed by atoms with van der Waals surface area (Å²) in [6, 6.07) is 14.1. The molecule has 1 aromatic heterocycles. The van der Waals surface area contributed by atoms with Crippen LogP contribution in [0.5, 0.6) is 5.75 Å². The number of carbonyl (C=O) groups excluding carboxylic acids is 1. The zero-order valence-corrected chi connectivity index (χ0v) is 20.3. The lowest BCUT2D eigenvalue weighted by Crippen LogP contribution is -2.23. The summed E-state index contributed by atoms with van der Waals surface area (Å²) in [6.07, 6.45) is 3.59. The van der Waals surface area contributed by atoms with Gasteiger partial charge >= 0.3 is 0 Å². The molecule has 1 fully saturated rings. The highest BCUT2D eigenvalue weighted by Crippen LogP contribution is 2.32. The highest BCUT2D eigenvalue weighted by Gasteiger charge is 2.18. The number of ether oxygens (including phenoxy) is 2. The van der Waals surface area contributed by atoms with Gasteiger partial charge in [0.15, 0.2) is 0 Å². The minimum Gasteiger partial charge on any atom is -0.492 e. The number of rotatable bonds is 8. The van der Waals surface area contributed by atoms with Crippen molar-refractivity contribution >= 4 is 23.1 Å². The number of hydrogen-bond acceptors (Lipinski definition) is 6. The van der Waals surface area contributed by atoms with Crippen molar-refractivity contribution in [3.63, 3.8) is 0 Å². The number of nitrogen functional groups attached to an aromatic ring is 2. The Balaban J connectivity index is 1.63. The number of aromatic nitrogens is 1. The first-order valence-electron chi connectivity index (χ1n) is 11.9. The van der Waals surface area contributed by atoms with Gasteiger partial charge in [-0.05, 0) is 65.8 Å². The van der Waals surface area contributed by atoms with E-state index < -0.39 is 0 Å². The highest BCUT2D eigenvalue weighted by molar-refractivity contribution is 6.03. The summed E-state index contributed by atoms with van der Waals surface area (Å²) in [5, 5.41) is 10.7. The number of nitrogens with one attached hydrogen (secondary N) is 2. The molecule has 36 heavy (non-hydrogen) atoms. The number of carbonyl (C=O) groups is 1. The molecule has 2 aromatic carbocycles. The van der Waals surface area contributed by atoms with Gasteiger partial charge in [-0.1, -0.05) is 12.1 Å². The van der Waals surface area contributed by atoms with Gasteiger partial charge in [0.2, 0.25) is 5.91 Å². The molecule has 0 bridgehead atoms. The van der Waals surface area contributed by atoms with E-state index in [2.05, 4.69) is 5.32 Å². The Morgan fingerprint density at radius 3 is 2.67 bits per heavy atom. The van der Waals surface area contributed by atoms with E-state index in [1.807, 2.05) is 24.3 Å². The number of nitrogens with zero attached hydrogens (tertiary/aromatic N) is 1. The van der Waals surface area contributed by atoms with Crippen LogP contribution in [0.3, 0.4) is 0 Å². The van der Waals surface area contributed by atoms with Crippen molar-refractivity contribution in [3.8, 4) is 16.9 Å². The lowest BCUT2D eigenvalue weighted by Gasteiger charge is -2.23. The third kappa shape index (κ3) is 6.11. The summed E-state index contributed by atoms with van der Waals surface area (Å²) in [4.78, 5) is 24.0. The fraction of sp³-hybridized carbons (Fsp3) is 0.296. The van der Waals surface area contributed by atoms with Crippen molar-refractivity contribution in [1.29, 1.82) is 5.41 Å². The van der Waals surface area contributed by atoms with Gasteiger partial charge in [0.05, 0.1) is 18.7 Å². The minimum absolute atomic E-state index is 0.159. The molecule has 0 saturated carbocycles. The zero-order chi connectivity index (χ0) is 25.7. The van der Waals surface area contributed by atoms with Crippen molar-refractivity contribution in [2.24, 2.45) is 11.7 Å². The Kier molecular flexibility index (Phi) is 7.70. The number of anilines is 2. The lowest BCUT2D eigenvalue weighted by atomic mass is 10.0. The van der Waals surface area contributed by atoms with E-state index in [0.29, 0.717) is 55.0 Å². The van der Waals surface area contributed by atoms with Gasteiger partial charge < -0.3 is 30.8 Å².